The van der Waals surface area contributed by atoms with Gasteiger partial charge in [-0.05, 0) is 61.5 Å². The molecule has 1 heterocycles. The minimum absolute atomic E-state index is 0.798. The van der Waals surface area contributed by atoms with Crippen molar-refractivity contribution in [2.75, 3.05) is 0 Å². The summed E-state index contributed by atoms with van der Waals surface area (Å²) in [5, 5.41) is 0. The summed E-state index contributed by atoms with van der Waals surface area (Å²) in [5.41, 5.74) is 3.71. The smallest absolute Gasteiger partial charge is 0.178 e. The number of benzene rings is 1. The van der Waals surface area contributed by atoms with Crippen LogP contribution in [0.4, 0.5) is 0 Å². The quantitative estimate of drug-likeness (QED) is 0.791. The lowest BCUT2D eigenvalue weighted by Crippen LogP contribution is -2.07. The van der Waals surface area contributed by atoms with E-state index in [0.717, 1.165) is 23.2 Å². The molecule has 0 aliphatic heterocycles. The summed E-state index contributed by atoms with van der Waals surface area (Å²) in [5.74, 6) is 1.68. The van der Waals surface area contributed by atoms with E-state index in [2.05, 4.69) is 41.6 Å². The van der Waals surface area contributed by atoms with Gasteiger partial charge in [0, 0.05) is 6.54 Å². The zero-order valence-electron chi connectivity index (χ0n) is 11.1. The number of fused-ring (bicyclic) bond motifs is 1. The van der Waals surface area contributed by atoms with Crippen LogP contribution in [-0.2, 0) is 6.54 Å². The van der Waals surface area contributed by atoms with E-state index >= 15 is 0 Å². The van der Waals surface area contributed by atoms with Crippen molar-refractivity contribution < 1.29 is 0 Å². The highest BCUT2D eigenvalue weighted by Gasteiger charge is 2.22. The first-order valence-electron chi connectivity index (χ1n) is 6.82. The Labute approximate surface area is 113 Å². The summed E-state index contributed by atoms with van der Waals surface area (Å²) in [6, 6.07) is 6.53. The van der Waals surface area contributed by atoms with E-state index in [4.69, 9.17) is 12.2 Å². The molecule has 1 fully saturated rings. The molecule has 1 aromatic heterocycles. The number of aromatic amines is 1. The predicted octanol–water partition coefficient (Wildman–Crippen LogP) is 4.44. The minimum atomic E-state index is 0.798. The van der Waals surface area contributed by atoms with Crippen LogP contribution in [0.1, 0.15) is 31.7 Å². The van der Waals surface area contributed by atoms with Crippen molar-refractivity contribution in [2.45, 2.75) is 39.7 Å². The molecule has 2 nitrogen and oxygen atoms in total. The molecule has 3 heteroatoms. The van der Waals surface area contributed by atoms with Crippen molar-refractivity contribution in [2.24, 2.45) is 11.8 Å². The number of imidazole rings is 1. The Morgan fingerprint density at radius 2 is 2.22 bits per heavy atom. The van der Waals surface area contributed by atoms with Crippen LogP contribution in [-0.4, -0.2) is 9.55 Å². The molecule has 2 unspecified atom stereocenters. The molecule has 0 saturated heterocycles. The fraction of sp³-hybridized carbons (Fsp3) is 0.533. The average Bonchev–Trinajstić information content (AvgIpc) is 2.84. The van der Waals surface area contributed by atoms with Gasteiger partial charge in [0.2, 0.25) is 0 Å². The largest absolute Gasteiger partial charge is 0.331 e. The maximum atomic E-state index is 5.47. The number of nitrogens with one attached hydrogen (secondary N) is 1. The molecule has 0 radical (unpaired) electrons. The van der Waals surface area contributed by atoms with Crippen molar-refractivity contribution in [3.8, 4) is 0 Å². The second kappa shape index (κ2) is 4.54. The highest BCUT2D eigenvalue weighted by molar-refractivity contribution is 7.71. The molecule has 0 amide bonds. The lowest BCUT2D eigenvalue weighted by atomic mass is 10.1. The molecule has 1 aliphatic rings. The van der Waals surface area contributed by atoms with Gasteiger partial charge in [0.1, 0.15) is 0 Å². The van der Waals surface area contributed by atoms with Crippen LogP contribution in [0, 0.1) is 23.5 Å². The van der Waals surface area contributed by atoms with E-state index in [-0.39, 0.29) is 0 Å². The summed E-state index contributed by atoms with van der Waals surface area (Å²) in [4.78, 5) is 3.33. The van der Waals surface area contributed by atoms with Crippen LogP contribution in [0.2, 0.25) is 0 Å². The van der Waals surface area contributed by atoms with Gasteiger partial charge < -0.3 is 9.55 Å². The van der Waals surface area contributed by atoms with Gasteiger partial charge in [-0.2, -0.15) is 0 Å². The molecular weight excluding hydrogens is 240 g/mol. The van der Waals surface area contributed by atoms with Crippen LogP contribution in [0.3, 0.4) is 0 Å². The molecule has 2 aromatic rings. The molecule has 2 atom stereocenters. The maximum absolute atomic E-state index is 5.47. The number of hydrogen-bond acceptors (Lipinski definition) is 1. The van der Waals surface area contributed by atoms with Gasteiger partial charge in [-0.3, -0.25) is 0 Å². The third-order valence-electron chi connectivity index (χ3n) is 4.17. The fourth-order valence-electron chi connectivity index (χ4n) is 3.21. The second-order valence-electron chi connectivity index (χ2n) is 5.85. The van der Waals surface area contributed by atoms with E-state index in [1.54, 1.807) is 0 Å². The highest BCUT2D eigenvalue weighted by Crippen LogP contribution is 2.32. The number of hydrogen-bond donors (Lipinski definition) is 1. The summed E-state index contributed by atoms with van der Waals surface area (Å²) < 4.78 is 3.16. The van der Waals surface area contributed by atoms with Gasteiger partial charge in [0.15, 0.2) is 4.77 Å². The molecule has 0 bridgehead atoms. The molecule has 18 heavy (non-hydrogen) atoms. The number of aromatic nitrogens is 2. The van der Waals surface area contributed by atoms with Gasteiger partial charge >= 0.3 is 0 Å². The topological polar surface area (TPSA) is 20.7 Å². The molecule has 1 aromatic carbocycles. The summed E-state index contributed by atoms with van der Waals surface area (Å²) in [7, 11) is 0. The Bertz CT molecular complexity index is 623. The Kier molecular flexibility index (Phi) is 3.02. The molecular formula is C15H20N2S. The van der Waals surface area contributed by atoms with E-state index in [9.17, 15) is 0 Å². The van der Waals surface area contributed by atoms with Crippen LogP contribution in [0.5, 0.6) is 0 Å². The van der Waals surface area contributed by atoms with Crippen LogP contribution in [0.15, 0.2) is 18.2 Å². The predicted molar refractivity (Wildman–Crippen MR) is 78.4 cm³/mol. The van der Waals surface area contributed by atoms with E-state index in [0.29, 0.717) is 0 Å². The maximum Gasteiger partial charge on any atom is 0.178 e. The van der Waals surface area contributed by atoms with E-state index in [1.165, 1.54) is 35.9 Å². The molecule has 1 saturated carbocycles. The SMILES string of the molecule is Cc1ccc2c(c1)[nH]c(=S)n2CC1CCC(C)C1. The average molecular weight is 260 g/mol. The zero-order valence-corrected chi connectivity index (χ0v) is 11.9. The van der Waals surface area contributed by atoms with Crippen molar-refractivity contribution in [3.63, 3.8) is 0 Å². The summed E-state index contributed by atoms with van der Waals surface area (Å²) in [6.45, 7) is 5.55. The summed E-state index contributed by atoms with van der Waals surface area (Å²) >= 11 is 5.47. The number of rotatable bonds is 2. The van der Waals surface area contributed by atoms with Gasteiger partial charge in [-0.15, -0.1) is 0 Å². The van der Waals surface area contributed by atoms with Crippen molar-refractivity contribution >= 4 is 23.3 Å². The molecule has 1 N–H and O–H groups in total. The Morgan fingerprint density at radius 1 is 1.39 bits per heavy atom. The third kappa shape index (κ3) is 2.12. The van der Waals surface area contributed by atoms with Crippen LogP contribution < -0.4 is 0 Å². The molecule has 0 spiro atoms. The van der Waals surface area contributed by atoms with Crippen molar-refractivity contribution in [3.05, 3.63) is 28.5 Å². The van der Waals surface area contributed by atoms with Crippen molar-refractivity contribution in [1.29, 1.82) is 0 Å². The van der Waals surface area contributed by atoms with E-state index < -0.39 is 0 Å². The van der Waals surface area contributed by atoms with Crippen molar-refractivity contribution in [1.82, 2.24) is 9.55 Å². The molecule has 1 aliphatic carbocycles. The van der Waals surface area contributed by atoms with Crippen LogP contribution in [0.25, 0.3) is 11.0 Å². The number of aryl methyl sites for hydroxylation is 1. The normalized spacial score (nSPS) is 23.9. The Balaban J connectivity index is 1.96. The number of nitrogens with zero attached hydrogens (tertiary/aromatic N) is 1. The number of H-pyrrole nitrogens is 1. The zero-order chi connectivity index (χ0) is 12.7. The van der Waals surface area contributed by atoms with Gasteiger partial charge in [-0.1, -0.05) is 19.4 Å². The van der Waals surface area contributed by atoms with Gasteiger partial charge in [0.25, 0.3) is 0 Å². The summed E-state index contributed by atoms with van der Waals surface area (Å²) in [6.07, 6.45) is 4.07. The van der Waals surface area contributed by atoms with Gasteiger partial charge in [-0.25, -0.2) is 0 Å². The third-order valence-corrected chi connectivity index (χ3v) is 4.50. The second-order valence-corrected chi connectivity index (χ2v) is 6.23. The Morgan fingerprint density at radius 3 is 2.94 bits per heavy atom. The first kappa shape index (κ1) is 12.0. The Hall–Kier alpha value is -1.09. The minimum Gasteiger partial charge on any atom is -0.331 e. The highest BCUT2D eigenvalue weighted by atomic mass is 32.1. The molecule has 96 valence electrons. The monoisotopic (exact) mass is 260 g/mol. The lowest BCUT2D eigenvalue weighted by Gasteiger charge is -2.11. The first-order chi connectivity index (χ1) is 8.63. The van der Waals surface area contributed by atoms with E-state index in [1.807, 2.05) is 0 Å². The fourth-order valence-corrected chi connectivity index (χ4v) is 3.49. The van der Waals surface area contributed by atoms with Crippen LogP contribution >= 0.6 is 12.2 Å². The van der Waals surface area contributed by atoms with Gasteiger partial charge in [0.05, 0.1) is 11.0 Å². The standard InChI is InChI=1S/C15H20N2S/c1-10-3-5-12(7-10)9-17-14-6-4-11(2)8-13(14)16-15(17)18/h4,6,8,10,12H,3,5,7,9H2,1-2H3,(H,16,18). The molecule has 3 rings (SSSR count). The lowest BCUT2D eigenvalue weighted by molar-refractivity contribution is 0.444. The first-order valence-corrected chi connectivity index (χ1v) is 7.23.